The van der Waals surface area contributed by atoms with Crippen molar-refractivity contribution in [1.29, 1.82) is 0 Å². The summed E-state index contributed by atoms with van der Waals surface area (Å²) in [5.41, 5.74) is 7.40. The van der Waals surface area contributed by atoms with Crippen LogP contribution in [-0.2, 0) is 32.9 Å². The molecule has 2 aromatic carbocycles. The molecule has 204 valence electrons. The second kappa shape index (κ2) is 9.48. The van der Waals surface area contributed by atoms with Gasteiger partial charge in [0.25, 0.3) is 5.91 Å². The molecule has 5 amide bonds. The van der Waals surface area contributed by atoms with Gasteiger partial charge in [-0.15, -0.1) is 0 Å². The van der Waals surface area contributed by atoms with Crippen molar-refractivity contribution in [1.82, 2.24) is 15.1 Å². The van der Waals surface area contributed by atoms with E-state index < -0.39 is 23.0 Å². The molecule has 1 spiro atoms. The fraction of sp³-hybridized carbons (Fsp3) is 0.467. The number of urea groups is 1. The lowest BCUT2D eigenvalue weighted by molar-refractivity contribution is -0.141. The summed E-state index contributed by atoms with van der Waals surface area (Å²) in [6.07, 6.45) is 5.42. The molecule has 2 saturated carbocycles. The van der Waals surface area contributed by atoms with Crippen LogP contribution in [0.1, 0.15) is 62.1 Å². The van der Waals surface area contributed by atoms with Gasteiger partial charge in [-0.2, -0.15) is 0 Å². The second-order valence-electron chi connectivity index (χ2n) is 11.6. The number of amides is 5. The van der Waals surface area contributed by atoms with E-state index in [-0.39, 0.29) is 24.4 Å². The van der Waals surface area contributed by atoms with Crippen LogP contribution >= 0.6 is 0 Å². The molecule has 1 aliphatic heterocycles. The Morgan fingerprint density at radius 1 is 1.13 bits per heavy atom. The molecule has 4 N–H and O–H groups in total. The van der Waals surface area contributed by atoms with Gasteiger partial charge in [-0.25, -0.2) is 4.79 Å². The first-order valence-electron chi connectivity index (χ1n) is 13.9. The lowest BCUT2D eigenvalue weighted by Crippen LogP contribution is -2.56. The zero-order valence-corrected chi connectivity index (χ0v) is 22.2. The minimum Gasteiger partial charge on any atom is -0.334 e. The van der Waals surface area contributed by atoms with Gasteiger partial charge in [-0.3, -0.25) is 19.3 Å². The Kier molecular flexibility index (Phi) is 6.21. The Morgan fingerprint density at radius 3 is 2.54 bits per heavy atom. The maximum Gasteiger partial charge on any atom is 0.325 e. The fourth-order valence-corrected chi connectivity index (χ4v) is 6.21. The van der Waals surface area contributed by atoms with Gasteiger partial charge < -0.3 is 21.3 Å². The van der Waals surface area contributed by atoms with Crippen molar-refractivity contribution in [3.63, 3.8) is 0 Å². The number of fused-ring (bicyclic) bond motifs is 2. The smallest absolute Gasteiger partial charge is 0.325 e. The molecule has 3 fully saturated rings. The van der Waals surface area contributed by atoms with Crippen LogP contribution in [-0.4, -0.2) is 51.7 Å². The topological polar surface area (TPSA) is 125 Å². The van der Waals surface area contributed by atoms with Crippen molar-refractivity contribution in [2.45, 2.75) is 75.5 Å². The van der Waals surface area contributed by atoms with Gasteiger partial charge in [0.05, 0.1) is 5.54 Å². The number of nitrogens with zero attached hydrogens (tertiary/aromatic N) is 2. The molecule has 0 radical (unpaired) electrons. The first-order valence-corrected chi connectivity index (χ1v) is 13.9. The van der Waals surface area contributed by atoms with Crippen molar-refractivity contribution in [3.05, 3.63) is 65.2 Å². The monoisotopic (exact) mass is 529 g/mol. The van der Waals surface area contributed by atoms with Crippen LogP contribution in [0.2, 0.25) is 0 Å². The Morgan fingerprint density at radius 2 is 1.87 bits per heavy atom. The van der Waals surface area contributed by atoms with E-state index in [0.29, 0.717) is 49.4 Å². The van der Waals surface area contributed by atoms with Crippen molar-refractivity contribution in [3.8, 4) is 0 Å². The highest BCUT2D eigenvalue weighted by Gasteiger charge is 2.56. The molecule has 2 atom stereocenters. The van der Waals surface area contributed by atoms with Crippen LogP contribution in [0.25, 0.3) is 0 Å². The molecular weight excluding hydrogens is 494 g/mol. The van der Waals surface area contributed by atoms with Gasteiger partial charge in [0, 0.05) is 18.3 Å². The molecule has 1 unspecified atom stereocenters. The minimum absolute atomic E-state index is 0.0286. The zero-order valence-electron chi connectivity index (χ0n) is 22.2. The molecule has 0 bridgehead atoms. The highest BCUT2D eigenvalue weighted by molar-refractivity contribution is 6.10. The molecule has 0 aromatic heterocycles. The SMILES string of the molecule is C[C@@H](C1CC1)N(Cc1ccccc1)C(=O)CN1C(=O)NC2(CCc3cc(NC(=O)C4(N)CCC4)ccc32)C1=O. The highest BCUT2D eigenvalue weighted by Crippen LogP contribution is 2.43. The zero-order chi connectivity index (χ0) is 27.4. The number of hydrogen-bond donors (Lipinski definition) is 3. The lowest BCUT2D eigenvalue weighted by atomic mass is 9.77. The van der Waals surface area contributed by atoms with Gasteiger partial charge in [0.15, 0.2) is 0 Å². The Hall–Kier alpha value is -3.72. The number of anilines is 1. The average Bonchev–Trinajstić information content (AvgIpc) is 3.66. The number of rotatable bonds is 8. The fourth-order valence-electron chi connectivity index (χ4n) is 6.21. The number of nitrogens with one attached hydrogen (secondary N) is 2. The van der Waals surface area contributed by atoms with Gasteiger partial charge >= 0.3 is 6.03 Å². The first kappa shape index (κ1) is 25.6. The molecule has 3 aliphatic carbocycles. The van der Waals surface area contributed by atoms with Crippen molar-refractivity contribution in [2.24, 2.45) is 11.7 Å². The molecule has 2 aromatic rings. The van der Waals surface area contributed by atoms with Crippen LogP contribution in [0.4, 0.5) is 10.5 Å². The number of imide groups is 1. The average molecular weight is 530 g/mol. The van der Waals surface area contributed by atoms with Crippen LogP contribution in [0.3, 0.4) is 0 Å². The van der Waals surface area contributed by atoms with E-state index in [9.17, 15) is 19.2 Å². The predicted molar refractivity (Wildman–Crippen MR) is 145 cm³/mol. The molecule has 39 heavy (non-hydrogen) atoms. The van der Waals surface area contributed by atoms with E-state index in [1.54, 1.807) is 12.1 Å². The minimum atomic E-state index is -1.19. The number of hydrogen-bond acceptors (Lipinski definition) is 5. The van der Waals surface area contributed by atoms with Crippen molar-refractivity contribution < 1.29 is 19.2 Å². The summed E-state index contributed by atoms with van der Waals surface area (Å²) in [7, 11) is 0. The molecule has 4 aliphatic rings. The molecular formula is C30H35N5O4. The Balaban J connectivity index is 1.18. The summed E-state index contributed by atoms with van der Waals surface area (Å²) >= 11 is 0. The van der Waals surface area contributed by atoms with Crippen LogP contribution in [0.5, 0.6) is 0 Å². The quantitative estimate of drug-likeness (QED) is 0.454. The molecule has 9 heteroatoms. The standard InChI is InChI=1S/C30H35N5O4/c1-19(21-8-9-21)34(17-20-6-3-2-4-7-20)25(36)18-35-27(38)30(33-28(35)39)15-12-22-16-23(10-11-24(22)30)32-26(37)29(31)13-5-14-29/h2-4,6-7,10-11,16,19,21H,5,8-9,12-15,17-18,31H2,1H3,(H,32,37)(H,33,39)/t19-,30?/m0/s1. The summed E-state index contributed by atoms with van der Waals surface area (Å²) in [6.45, 7) is 2.19. The molecule has 9 nitrogen and oxygen atoms in total. The van der Waals surface area contributed by atoms with Crippen molar-refractivity contribution in [2.75, 3.05) is 11.9 Å². The number of aryl methyl sites for hydroxylation is 1. The third-order valence-electron chi connectivity index (χ3n) is 9.07. The number of nitrogens with two attached hydrogens (primary N) is 1. The third kappa shape index (κ3) is 4.48. The summed E-state index contributed by atoms with van der Waals surface area (Å²) in [4.78, 5) is 55.9. The van der Waals surface area contributed by atoms with Crippen molar-refractivity contribution >= 4 is 29.4 Å². The maximum atomic E-state index is 13.8. The lowest BCUT2D eigenvalue weighted by Gasteiger charge is -2.36. The number of carbonyl (C=O) groups is 4. The van der Waals surface area contributed by atoms with E-state index in [4.69, 9.17) is 5.73 Å². The number of benzene rings is 2. The van der Waals surface area contributed by atoms with Crippen LogP contribution in [0.15, 0.2) is 48.5 Å². The highest BCUT2D eigenvalue weighted by atomic mass is 16.2. The summed E-state index contributed by atoms with van der Waals surface area (Å²) in [6, 6.07) is 14.7. The molecule has 6 rings (SSSR count). The van der Waals surface area contributed by atoms with E-state index in [1.807, 2.05) is 48.2 Å². The first-order chi connectivity index (χ1) is 18.7. The van der Waals surface area contributed by atoms with E-state index in [0.717, 1.165) is 35.3 Å². The molecule has 1 heterocycles. The van der Waals surface area contributed by atoms with Crippen LogP contribution < -0.4 is 16.4 Å². The Labute approximate surface area is 228 Å². The van der Waals surface area contributed by atoms with E-state index in [1.165, 1.54) is 0 Å². The maximum absolute atomic E-state index is 13.8. The van der Waals surface area contributed by atoms with Gasteiger partial charge in [-0.1, -0.05) is 36.4 Å². The van der Waals surface area contributed by atoms with Crippen LogP contribution in [0, 0.1) is 5.92 Å². The second-order valence-corrected chi connectivity index (χ2v) is 11.6. The normalized spacial score (nSPS) is 23.7. The summed E-state index contributed by atoms with van der Waals surface area (Å²) in [5.74, 6) is -0.383. The predicted octanol–water partition coefficient (Wildman–Crippen LogP) is 3.03. The summed E-state index contributed by atoms with van der Waals surface area (Å²) in [5, 5.41) is 5.81. The van der Waals surface area contributed by atoms with Gasteiger partial charge in [0.2, 0.25) is 11.8 Å². The van der Waals surface area contributed by atoms with Gasteiger partial charge in [-0.05, 0) is 86.6 Å². The number of carbonyl (C=O) groups excluding carboxylic acids is 4. The largest absolute Gasteiger partial charge is 0.334 e. The van der Waals surface area contributed by atoms with E-state index >= 15 is 0 Å². The molecule has 1 saturated heterocycles. The Bertz CT molecular complexity index is 1340. The third-order valence-corrected chi connectivity index (χ3v) is 9.07. The van der Waals surface area contributed by atoms with Gasteiger partial charge in [0.1, 0.15) is 12.1 Å². The van der Waals surface area contributed by atoms with E-state index in [2.05, 4.69) is 10.6 Å². The summed E-state index contributed by atoms with van der Waals surface area (Å²) < 4.78 is 0.